The van der Waals surface area contributed by atoms with Crippen molar-refractivity contribution in [1.82, 2.24) is 24.1 Å². The standard InChI is InChI=1S/C19H19N5O2S2/c1-28(25,26)23-10-8-14(9-11-23)17-20-21-19-24(17)22-18(27-19)16-7-6-13-4-2-3-5-15(13)12-16/h2-7,12,14H,8-11H2,1H3. The van der Waals surface area contributed by atoms with Crippen LogP contribution in [-0.4, -0.2) is 51.9 Å². The van der Waals surface area contributed by atoms with Crippen LogP contribution in [0.25, 0.3) is 26.3 Å². The summed E-state index contributed by atoms with van der Waals surface area (Å²) >= 11 is 1.52. The molecule has 2 aromatic heterocycles. The van der Waals surface area contributed by atoms with E-state index in [-0.39, 0.29) is 5.92 Å². The number of aromatic nitrogens is 4. The lowest BCUT2D eigenvalue weighted by Crippen LogP contribution is -2.37. The van der Waals surface area contributed by atoms with Crippen LogP contribution in [-0.2, 0) is 10.0 Å². The molecule has 1 fully saturated rings. The summed E-state index contributed by atoms with van der Waals surface area (Å²) in [6.45, 7) is 1.03. The van der Waals surface area contributed by atoms with Gasteiger partial charge in [-0.2, -0.15) is 9.61 Å². The molecule has 0 amide bonds. The van der Waals surface area contributed by atoms with Gasteiger partial charge in [0.25, 0.3) is 0 Å². The Hall–Kier alpha value is -2.36. The van der Waals surface area contributed by atoms with Gasteiger partial charge in [0.2, 0.25) is 15.0 Å². The van der Waals surface area contributed by atoms with Gasteiger partial charge in [0.05, 0.1) is 6.26 Å². The van der Waals surface area contributed by atoms with Crippen LogP contribution in [0.3, 0.4) is 0 Å². The third-order valence-electron chi connectivity index (χ3n) is 5.30. The molecule has 7 nitrogen and oxygen atoms in total. The molecule has 9 heteroatoms. The van der Waals surface area contributed by atoms with E-state index in [1.807, 2.05) is 16.6 Å². The highest BCUT2D eigenvalue weighted by Gasteiger charge is 2.29. The van der Waals surface area contributed by atoms with Gasteiger partial charge >= 0.3 is 0 Å². The summed E-state index contributed by atoms with van der Waals surface area (Å²) in [5, 5.41) is 16.7. The second kappa shape index (κ2) is 6.61. The summed E-state index contributed by atoms with van der Waals surface area (Å²) in [7, 11) is -3.13. The molecule has 144 valence electrons. The smallest absolute Gasteiger partial charge is 0.213 e. The van der Waals surface area contributed by atoms with E-state index in [1.165, 1.54) is 32.7 Å². The van der Waals surface area contributed by atoms with E-state index in [2.05, 4.69) is 40.5 Å². The van der Waals surface area contributed by atoms with Gasteiger partial charge < -0.3 is 0 Å². The van der Waals surface area contributed by atoms with Crippen molar-refractivity contribution in [3.05, 3.63) is 48.3 Å². The fraction of sp³-hybridized carbons (Fsp3) is 0.316. The van der Waals surface area contributed by atoms with Crippen molar-refractivity contribution < 1.29 is 8.42 Å². The number of nitrogens with zero attached hydrogens (tertiary/aromatic N) is 5. The first-order valence-corrected chi connectivity index (χ1v) is 11.8. The van der Waals surface area contributed by atoms with Crippen molar-refractivity contribution >= 4 is 37.1 Å². The average Bonchev–Trinajstić information content (AvgIpc) is 3.28. The molecule has 0 atom stereocenters. The van der Waals surface area contributed by atoms with Crippen molar-refractivity contribution in [3.63, 3.8) is 0 Å². The Balaban J connectivity index is 1.46. The maximum absolute atomic E-state index is 11.7. The zero-order valence-electron chi connectivity index (χ0n) is 15.3. The van der Waals surface area contributed by atoms with Gasteiger partial charge in [-0.3, -0.25) is 0 Å². The van der Waals surface area contributed by atoms with Crippen LogP contribution in [0.4, 0.5) is 0 Å². The molecule has 3 heterocycles. The molecule has 0 bridgehead atoms. The predicted molar refractivity (Wildman–Crippen MR) is 110 cm³/mol. The zero-order valence-corrected chi connectivity index (χ0v) is 16.9. The number of piperidine rings is 1. The van der Waals surface area contributed by atoms with Crippen molar-refractivity contribution in [2.45, 2.75) is 18.8 Å². The zero-order chi connectivity index (χ0) is 19.3. The van der Waals surface area contributed by atoms with Gasteiger partial charge in [-0.1, -0.05) is 47.7 Å². The first-order chi connectivity index (χ1) is 13.5. The highest BCUT2D eigenvalue weighted by molar-refractivity contribution is 7.88. The molecule has 1 aliphatic rings. The molecule has 28 heavy (non-hydrogen) atoms. The molecule has 0 spiro atoms. The quantitative estimate of drug-likeness (QED) is 0.515. The van der Waals surface area contributed by atoms with E-state index in [1.54, 1.807) is 0 Å². The Labute approximate surface area is 166 Å². The van der Waals surface area contributed by atoms with Gasteiger partial charge in [-0.25, -0.2) is 12.7 Å². The summed E-state index contributed by atoms with van der Waals surface area (Å²) in [6, 6.07) is 14.6. The first kappa shape index (κ1) is 17.7. The third kappa shape index (κ3) is 3.09. The number of fused-ring (bicyclic) bond motifs is 2. The summed E-state index contributed by atoms with van der Waals surface area (Å²) in [5.41, 5.74) is 1.06. The van der Waals surface area contributed by atoms with E-state index in [0.29, 0.717) is 13.1 Å². The van der Waals surface area contributed by atoms with Crippen LogP contribution < -0.4 is 0 Å². The molecule has 5 rings (SSSR count). The highest BCUT2D eigenvalue weighted by Crippen LogP contribution is 2.32. The molecule has 1 aliphatic heterocycles. The SMILES string of the molecule is CS(=O)(=O)N1CCC(c2nnc3sc(-c4ccc5ccccc5c4)nn23)CC1. The number of sulfonamides is 1. The lowest BCUT2D eigenvalue weighted by molar-refractivity contribution is 0.313. The Morgan fingerprint density at radius 1 is 1.04 bits per heavy atom. The monoisotopic (exact) mass is 413 g/mol. The van der Waals surface area contributed by atoms with E-state index in [4.69, 9.17) is 5.10 Å². The lowest BCUT2D eigenvalue weighted by Gasteiger charge is -2.28. The largest absolute Gasteiger partial charge is 0.234 e. The fourth-order valence-corrected chi connectivity index (χ4v) is 5.49. The summed E-state index contributed by atoms with van der Waals surface area (Å²) in [6.07, 6.45) is 2.73. The van der Waals surface area contributed by atoms with E-state index in [9.17, 15) is 8.42 Å². The van der Waals surface area contributed by atoms with Crippen molar-refractivity contribution in [3.8, 4) is 10.6 Å². The molecule has 0 saturated carbocycles. The molecule has 0 radical (unpaired) electrons. The maximum Gasteiger partial charge on any atom is 0.234 e. The lowest BCUT2D eigenvalue weighted by atomic mass is 9.97. The second-order valence-electron chi connectivity index (χ2n) is 7.16. The van der Waals surface area contributed by atoms with Crippen LogP contribution in [0.2, 0.25) is 0 Å². The Bertz CT molecular complexity index is 1270. The van der Waals surface area contributed by atoms with Crippen molar-refractivity contribution in [2.75, 3.05) is 19.3 Å². The number of rotatable bonds is 3. The van der Waals surface area contributed by atoms with E-state index >= 15 is 0 Å². The van der Waals surface area contributed by atoms with Crippen molar-refractivity contribution in [1.29, 1.82) is 0 Å². The minimum atomic E-state index is -3.13. The fourth-order valence-electron chi connectivity index (χ4n) is 3.77. The number of benzene rings is 2. The molecule has 2 aromatic carbocycles. The maximum atomic E-state index is 11.7. The summed E-state index contributed by atoms with van der Waals surface area (Å²) in [5.74, 6) is 0.992. The minimum Gasteiger partial charge on any atom is -0.213 e. The van der Waals surface area contributed by atoms with Crippen LogP contribution in [0, 0.1) is 0 Å². The molecule has 0 aliphatic carbocycles. The summed E-state index contributed by atoms with van der Waals surface area (Å²) in [4.78, 5) is 0.767. The molecule has 4 aromatic rings. The second-order valence-corrected chi connectivity index (χ2v) is 10.1. The Morgan fingerprint density at radius 3 is 2.54 bits per heavy atom. The van der Waals surface area contributed by atoms with Crippen LogP contribution >= 0.6 is 11.3 Å². The van der Waals surface area contributed by atoms with E-state index in [0.717, 1.165) is 34.2 Å². The Morgan fingerprint density at radius 2 is 1.79 bits per heavy atom. The third-order valence-corrected chi connectivity index (χ3v) is 7.55. The molecule has 0 N–H and O–H groups in total. The van der Waals surface area contributed by atoms with Crippen molar-refractivity contribution in [2.24, 2.45) is 0 Å². The Kier molecular flexibility index (Phi) is 4.18. The predicted octanol–water partition coefficient (Wildman–Crippen LogP) is 3.15. The van der Waals surface area contributed by atoms with Crippen LogP contribution in [0.15, 0.2) is 42.5 Å². The number of hydrogen-bond donors (Lipinski definition) is 0. The van der Waals surface area contributed by atoms with Gasteiger partial charge in [0.1, 0.15) is 5.01 Å². The molecule has 0 unspecified atom stereocenters. The topological polar surface area (TPSA) is 80.5 Å². The first-order valence-electron chi connectivity index (χ1n) is 9.15. The molecule has 1 saturated heterocycles. The summed E-state index contributed by atoms with van der Waals surface area (Å²) < 4.78 is 26.8. The molecular weight excluding hydrogens is 394 g/mol. The molecular formula is C19H19N5O2S2. The van der Waals surface area contributed by atoms with Crippen LogP contribution in [0.1, 0.15) is 24.6 Å². The van der Waals surface area contributed by atoms with Gasteiger partial charge in [-0.05, 0) is 29.7 Å². The van der Waals surface area contributed by atoms with Gasteiger partial charge in [0.15, 0.2) is 5.82 Å². The van der Waals surface area contributed by atoms with E-state index < -0.39 is 10.0 Å². The van der Waals surface area contributed by atoms with Gasteiger partial charge in [0, 0.05) is 24.6 Å². The normalized spacial score (nSPS) is 16.9. The van der Waals surface area contributed by atoms with Gasteiger partial charge in [-0.15, -0.1) is 10.2 Å². The minimum absolute atomic E-state index is 0.166. The number of hydrogen-bond acceptors (Lipinski definition) is 6. The highest BCUT2D eigenvalue weighted by atomic mass is 32.2. The van der Waals surface area contributed by atoms with Crippen LogP contribution in [0.5, 0.6) is 0 Å². The average molecular weight is 414 g/mol.